The molecule has 2 aromatic carbocycles. The number of imidazole rings is 1. The van der Waals surface area contributed by atoms with Crippen molar-refractivity contribution in [3.8, 4) is 5.75 Å². The van der Waals surface area contributed by atoms with Crippen LogP contribution in [0.1, 0.15) is 13.3 Å². The van der Waals surface area contributed by atoms with E-state index in [0.717, 1.165) is 23.7 Å². The molecule has 1 N–H and O–H groups in total. The van der Waals surface area contributed by atoms with E-state index >= 15 is 0 Å². The van der Waals surface area contributed by atoms with Gasteiger partial charge in [0, 0.05) is 36.9 Å². The Hall–Kier alpha value is -3.61. The second kappa shape index (κ2) is 8.18. The number of fused-ring (bicyclic) bond motifs is 3. The Labute approximate surface area is 166 Å². The maximum atomic E-state index is 12.3. The molecule has 1 amide bonds. The van der Waals surface area contributed by atoms with Gasteiger partial charge in [-0.2, -0.15) is 0 Å². The molecule has 2 heterocycles. The molecule has 29 heavy (non-hydrogen) atoms. The van der Waals surface area contributed by atoms with Crippen LogP contribution in [-0.4, -0.2) is 28.1 Å². The molecule has 148 valence electrons. The first kappa shape index (κ1) is 18.7. The lowest BCUT2D eigenvalue weighted by Gasteiger charge is -2.15. The van der Waals surface area contributed by atoms with Crippen LogP contribution >= 0.6 is 0 Å². The van der Waals surface area contributed by atoms with Crippen molar-refractivity contribution in [3.63, 3.8) is 0 Å². The molecular weight excluding hydrogens is 370 g/mol. The predicted molar refractivity (Wildman–Crippen MR) is 110 cm³/mol. The minimum atomic E-state index is -0.673. The van der Waals surface area contributed by atoms with Crippen LogP contribution in [0.25, 0.3) is 21.7 Å². The van der Waals surface area contributed by atoms with Crippen molar-refractivity contribution in [2.45, 2.75) is 26.0 Å². The highest BCUT2D eigenvalue weighted by molar-refractivity contribution is 6.04. The summed E-state index contributed by atoms with van der Waals surface area (Å²) in [6.07, 6.45) is 5.48. The maximum Gasteiger partial charge on any atom is 0.344 e. The molecule has 4 rings (SSSR count). The summed E-state index contributed by atoms with van der Waals surface area (Å²) in [4.78, 5) is 28.4. The summed E-state index contributed by atoms with van der Waals surface area (Å²) in [5, 5.41) is 5.05. The summed E-state index contributed by atoms with van der Waals surface area (Å²) in [5.74, 6) is 0.271. The number of aryl methyl sites for hydroxylation is 1. The van der Waals surface area contributed by atoms with Crippen molar-refractivity contribution in [1.29, 1.82) is 0 Å². The Kier molecular flexibility index (Phi) is 5.29. The molecule has 2 aromatic heterocycles. The van der Waals surface area contributed by atoms with Crippen LogP contribution in [0.2, 0.25) is 0 Å². The SMILES string of the molecule is C[C@@H](Oc1ccc2c(c1)oc(=O)c1ccccc12)C(=O)NCCCn1ccnc1. The molecule has 7 heteroatoms. The summed E-state index contributed by atoms with van der Waals surface area (Å²) in [5.41, 5.74) is 0.0353. The van der Waals surface area contributed by atoms with E-state index in [9.17, 15) is 9.59 Å². The summed E-state index contributed by atoms with van der Waals surface area (Å²) >= 11 is 0. The van der Waals surface area contributed by atoms with Crippen LogP contribution in [0.15, 0.2) is 70.4 Å². The second-order valence-corrected chi connectivity index (χ2v) is 6.80. The Balaban J connectivity index is 1.41. The lowest BCUT2D eigenvalue weighted by molar-refractivity contribution is -0.127. The number of nitrogens with one attached hydrogen (secondary N) is 1. The van der Waals surface area contributed by atoms with Crippen LogP contribution in [0.5, 0.6) is 5.75 Å². The van der Waals surface area contributed by atoms with Gasteiger partial charge in [0.05, 0.1) is 11.7 Å². The first-order valence-electron chi connectivity index (χ1n) is 9.47. The lowest BCUT2D eigenvalue weighted by Crippen LogP contribution is -2.37. The van der Waals surface area contributed by atoms with Crippen LogP contribution < -0.4 is 15.7 Å². The number of rotatable bonds is 7. The van der Waals surface area contributed by atoms with E-state index in [1.54, 1.807) is 43.7 Å². The number of hydrogen-bond acceptors (Lipinski definition) is 5. The maximum absolute atomic E-state index is 12.3. The van der Waals surface area contributed by atoms with Gasteiger partial charge in [-0.05, 0) is 36.9 Å². The monoisotopic (exact) mass is 391 g/mol. The van der Waals surface area contributed by atoms with Gasteiger partial charge in [0.2, 0.25) is 0 Å². The molecule has 0 spiro atoms. The van der Waals surface area contributed by atoms with E-state index in [0.29, 0.717) is 23.3 Å². The molecule has 1 atom stereocenters. The van der Waals surface area contributed by atoms with Crippen molar-refractivity contribution < 1.29 is 13.9 Å². The van der Waals surface area contributed by atoms with Crippen molar-refractivity contribution in [3.05, 3.63) is 71.6 Å². The van der Waals surface area contributed by atoms with E-state index in [4.69, 9.17) is 9.15 Å². The van der Waals surface area contributed by atoms with Crippen molar-refractivity contribution in [2.24, 2.45) is 0 Å². The molecule has 0 aliphatic heterocycles. The van der Waals surface area contributed by atoms with Gasteiger partial charge in [-0.1, -0.05) is 18.2 Å². The first-order valence-corrected chi connectivity index (χ1v) is 9.47. The normalized spacial score (nSPS) is 12.2. The minimum Gasteiger partial charge on any atom is -0.481 e. The third kappa shape index (κ3) is 4.13. The summed E-state index contributed by atoms with van der Waals surface area (Å²) in [7, 11) is 0. The molecule has 0 radical (unpaired) electrons. The van der Waals surface area contributed by atoms with Crippen LogP contribution in [-0.2, 0) is 11.3 Å². The molecule has 0 bridgehead atoms. The topological polar surface area (TPSA) is 86.4 Å². The highest BCUT2D eigenvalue weighted by Gasteiger charge is 2.15. The number of ether oxygens (including phenoxy) is 1. The van der Waals surface area contributed by atoms with Gasteiger partial charge in [-0.15, -0.1) is 0 Å². The molecule has 0 unspecified atom stereocenters. The average molecular weight is 391 g/mol. The molecular formula is C22H21N3O4. The fraction of sp³-hybridized carbons (Fsp3) is 0.227. The highest BCUT2D eigenvalue weighted by Crippen LogP contribution is 2.26. The molecule has 4 aromatic rings. The fourth-order valence-corrected chi connectivity index (χ4v) is 3.23. The number of nitrogens with zero attached hydrogens (tertiary/aromatic N) is 2. The standard InChI is InChI=1S/C22H21N3O4/c1-15(21(26)24-9-4-11-25-12-10-23-14-25)28-16-7-8-18-17-5-2-3-6-19(17)22(27)29-20(18)13-16/h2-3,5-8,10,12-15H,4,9,11H2,1H3,(H,24,26)/t15-/m1/s1. The van der Waals surface area contributed by atoms with Gasteiger partial charge >= 0.3 is 5.63 Å². The van der Waals surface area contributed by atoms with Crippen molar-refractivity contribution in [2.75, 3.05) is 6.54 Å². The number of carbonyl (C=O) groups excluding carboxylic acids is 1. The largest absolute Gasteiger partial charge is 0.481 e. The first-order chi connectivity index (χ1) is 14.1. The van der Waals surface area contributed by atoms with E-state index in [1.165, 1.54) is 0 Å². The van der Waals surface area contributed by atoms with Gasteiger partial charge in [0.25, 0.3) is 5.91 Å². The van der Waals surface area contributed by atoms with Crippen molar-refractivity contribution in [1.82, 2.24) is 14.9 Å². The number of amides is 1. The van der Waals surface area contributed by atoms with Gasteiger partial charge in [0.1, 0.15) is 11.3 Å². The molecule has 7 nitrogen and oxygen atoms in total. The van der Waals surface area contributed by atoms with Crippen molar-refractivity contribution >= 4 is 27.6 Å². The van der Waals surface area contributed by atoms with Gasteiger partial charge in [-0.25, -0.2) is 9.78 Å². The Morgan fingerprint density at radius 3 is 2.83 bits per heavy atom. The molecule has 0 fully saturated rings. The number of hydrogen-bond donors (Lipinski definition) is 1. The van der Waals surface area contributed by atoms with Crippen LogP contribution in [0.3, 0.4) is 0 Å². The molecule has 0 saturated carbocycles. The summed E-state index contributed by atoms with van der Waals surface area (Å²) in [6, 6.07) is 12.6. The van der Waals surface area contributed by atoms with Gasteiger partial charge in [0.15, 0.2) is 6.10 Å². The second-order valence-electron chi connectivity index (χ2n) is 6.80. The van der Waals surface area contributed by atoms with Crippen LogP contribution in [0, 0.1) is 0 Å². The average Bonchev–Trinajstić information content (AvgIpc) is 3.24. The Bertz CT molecular complexity index is 1200. The predicted octanol–water partition coefficient (Wildman–Crippen LogP) is 3.12. The lowest BCUT2D eigenvalue weighted by atomic mass is 10.1. The zero-order chi connectivity index (χ0) is 20.2. The smallest absolute Gasteiger partial charge is 0.344 e. The molecule has 0 aliphatic rings. The van der Waals surface area contributed by atoms with E-state index in [1.807, 2.05) is 29.0 Å². The zero-order valence-corrected chi connectivity index (χ0v) is 16.0. The fourth-order valence-electron chi connectivity index (χ4n) is 3.23. The minimum absolute atomic E-state index is 0.198. The Morgan fingerprint density at radius 1 is 1.21 bits per heavy atom. The van der Waals surface area contributed by atoms with Gasteiger partial charge in [-0.3, -0.25) is 4.79 Å². The van der Waals surface area contributed by atoms with Crippen LogP contribution in [0.4, 0.5) is 0 Å². The highest BCUT2D eigenvalue weighted by atomic mass is 16.5. The summed E-state index contributed by atoms with van der Waals surface area (Å²) in [6.45, 7) is 3.02. The van der Waals surface area contributed by atoms with E-state index < -0.39 is 11.7 Å². The number of carbonyl (C=O) groups is 1. The summed E-state index contributed by atoms with van der Waals surface area (Å²) < 4.78 is 13.1. The van der Waals surface area contributed by atoms with E-state index in [-0.39, 0.29) is 5.91 Å². The third-order valence-corrected chi connectivity index (χ3v) is 4.73. The zero-order valence-electron chi connectivity index (χ0n) is 16.0. The number of benzene rings is 2. The molecule has 0 saturated heterocycles. The Morgan fingerprint density at radius 2 is 2.03 bits per heavy atom. The van der Waals surface area contributed by atoms with E-state index in [2.05, 4.69) is 10.3 Å². The van der Waals surface area contributed by atoms with Gasteiger partial charge < -0.3 is 19.0 Å². The quantitative estimate of drug-likeness (QED) is 0.297. The number of aromatic nitrogens is 2. The third-order valence-electron chi connectivity index (χ3n) is 4.73. The molecule has 0 aliphatic carbocycles.